The summed E-state index contributed by atoms with van der Waals surface area (Å²) in [5.41, 5.74) is -0.785. The van der Waals surface area contributed by atoms with Gasteiger partial charge >= 0.3 is 6.18 Å². The summed E-state index contributed by atoms with van der Waals surface area (Å²) in [6.07, 6.45) is 0.259. The van der Waals surface area contributed by atoms with Crippen molar-refractivity contribution < 1.29 is 22.4 Å². The van der Waals surface area contributed by atoms with Crippen LogP contribution < -0.4 is 15.5 Å². The van der Waals surface area contributed by atoms with E-state index < -0.39 is 23.5 Å². The van der Waals surface area contributed by atoms with E-state index in [1.807, 2.05) is 0 Å². The first-order valence-corrected chi connectivity index (χ1v) is 13.6. The second kappa shape index (κ2) is 14.9. The summed E-state index contributed by atoms with van der Waals surface area (Å²) in [7, 11) is 0. The van der Waals surface area contributed by atoms with E-state index in [0.717, 1.165) is 62.5 Å². The predicted octanol–water partition coefficient (Wildman–Crippen LogP) is 6.06. The Labute approximate surface area is 263 Å². The Morgan fingerprint density at radius 1 is 1.10 bits per heavy atom. The molecule has 0 unspecified atom stereocenters. The van der Waals surface area contributed by atoms with E-state index in [1.165, 1.54) is 6.20 Å². The summed E-state index contributed by atoms with van der Waals surface area (Å²) in [6, 6.07) is 2.92. The van der Waals surface area contributed by atoms with Crippen molar-refractivity contribution in [2.75, 3.05) is 36.4 Å². The van der Waals surface area contributed by atoms with Crippen molar-refractivity contribution in [3.05, 3.63) is 52.5 Å². The SMILES string of the molecule is C[C@@H]1CCCN1Cc1sc(NC(=O)c2cnc(N3CCNC[C@H]3C)cn2)nc1-c1cc(F)cc(C(F)(F)F)c1.Cl.Cl.Cl. The first kappa shape index (κ1) is 35.9. The van der Waals surface area contributed by atoms with Crippen LogP contribution in [-0.4, -0.2) is 64.0 Å². The largest absolute Gasteiger partial charge is 0.416 e. The molecule has 2 fully saturated rings. The van der Waals surface area contributed by atoms with Crippen molar-refractivity contribution >= 4 is 65.4 Å². The number of carbonyl (C=O) groups is 1. The van der Waals surface area contributed by atoms with Crippen LogP contribution in [0.15, 0.2) is 30.6 Å². The van der Waals surface area contributed by atoms with Gasteiger partial charge in [0.15, 0.2) is 5.13 Å². The zero-order chi connectivity index (χ0) is 27.7. The van der Waals surface area contributed by atoms with Crippen molar-refractivity contribution in [3.8, 4) is 11.3 Å². The maximum Gasteiger partial charge on any atom is 0.416 e. The summed E-state index contributed by atoms with van der Waals surface area (Å²) in [6.45, 7) is 7.86. The highest BCUT2D eigenvalue weighted by Crippen LogP contribution is 2.37. The molecule has 16 heteroatoms. The summed E-state index contributed by atoms with van der Waals surface area (Å²) in [4.78, 5) is 31.0. The molecular formula is C26H32Cl3F4N7OS. The Kier molecular flexibility index (Phi) is 12.8. The highest BCUT2D eigenvalue weighted by Gasteiger charge is 2.32. The van der Waals surface area contributed by atoms with Gasteiger partial charge in [0.2, 0.25) is 0 Å². The molecule has 2 aromatic heterocycles. The number of halogens is 7. The lowest BCUT2D eigenvalue weighted by molar-refractivity contribution is -0.137. The van der Waals surface area contributed by atoms with E-state index in [2.05, 4.69) is 49.2 Å². The molecule has 0 radical (unpaired) electrons. The molecule has 2 saturated heterocycles. The number of anilines is 2. The Bertz CT molecular complexity index is 1350. The van der Waals surface area contributed by atoms with Crippen LogP contribution in [0.25, 0.3) is 11.3 Å². The summed E-state index contributed by atoms with van der Waals surface area (Å²) in [5.74, 6) is -0.877. The Morgan fingerprint density at radius 3 is 2.48 bits per heavy atom. The number of benzene rings is 1. The molecule has 0 spiro atoms. The van der Waals surface area contributed by atoms with Crippen molar-refractivity contribution in [3.63, 3.8) is 0 Å². The number of nitrogens with zero attached hydrogens (tertiary/aromatic N) is 5. The molecule has 42 heavy (non-hydrogen) atoms. The Hall–Kier alpha value is -2.29. The summed E-state index contributed by atoms with van der Waals surface area (Å²) < 4.78 is 54.5. The number of alkyl halides is 3. The fourth-order valence-electron chi connectivity index (χ4n) is 4.97. The third kappa shape index (κ3) is 8.20. The van der Waals surface area contributed by atoms with Crippen molar-refractivity contribution in [2.45, 2.75) is 51.5 Å². The number of amides is 1. The van der Waals surface area contributed by atoms with E-state index in [-0.39, 0.29) is 65.3 Å². The molecule has 232 valence electrons. The molecule has 4 heterocycles. The average molecular weight is 673 g/mol. The second-order valence-electron chi connectivity index (χ2n) is 9.94. The Morgan fingerprint density at radius 2 is 1.86 bits per heavy atom. The van der Waals surface area contributed by atoms with E-state index in [0.29, 0.717) is 29.3 Å². The number of aromatic nitrogens is 3. The van der Waals surface area contributed by atoms with Gasteiger partial charge in [0.25, 0.3) is 5.91 Å². The molecule has 1 aromatic carbocycles. The third-order valence-corrected chi connectivity index (χ3v) is 8.08. The number of carbonyl (C=O) groups excluding carboxylic acids is 1. The number of hydrogen-bond acceptors (Lipinski definition) is 8. The molecule has 8 nitrogen and oxygen atoms in total. The van der Waals surface area contributed by atoms with Crippen LogP contribution in [-0.2, 0) is 12.7 Å². The van der Waals surface area contributed by atoms with Gasteiger partial charge in [-0.15, -0.1) is 37.2 Å². The molecule has 2 aliphatic heterocycles. The minimum absolute atomic E-state index is 0. The van der Waals surface area contributed by atoms with Crippen LogP contribution >= 0.6 is 48.6 Å². The number of likely N-dealkylation sites (tertiary alicyclic amines) is 1. The lowest BCUT2D eigenvalue weighted by atomic mass is 10.1. The molecule has 2 atom stereocenters. The standard InChI is InChI=1S/C26H29F4N7OS.3ClH/c1-15-4-3-6-36(15)14-21-23(17-8-18(26(28,29)30)10-19(27)9-17)34-25(39-21)35-24(38)20-12-33-22(13-32-20)37-7-5-31-11-16(37)2;;;/h8-10,12-13,15-16,31H,3-7,11,14H2,1-2H3,(H,34,35,38);3*1H/t15-,16-;;;/m1.../s1. The van der Waals surface area contributed by atoms with Crippen molar-refractivity contribution in [1.29, 1.82) is 0 Å². The summed E-state index contributed by atoms with van der Waals surface area (Å²) in [5, 5.41) is 6.20. The van der Waals surface area contributed by atoms with Gasteiger partial charge in [-0.1, -0.05) is 11.3 Å². The Balaban J connectivity index is 0.00000205. The van der Waals surface area contributed by atoms with Crippen LogP contribution in [0.3, 0.4) is 0 Å². The van der Waals surface area contributed by atoms with Crippen LogP contribution in [0.5, 0.6) is 0 Å². The molecule has 2 N–H and O–H groups in total. The number of nitrogens with one attached hydrogen (secondary N) is 2. The van der Waals surface area contributed by atoms with Crippen LogP contribution in [0.2, 0.25) is 0 Å². The molecule has 0 aliphatic carbocycles. The molecule has 0 saturated carbocycles. The smallest absolute Gasteiger partial charge is 0.350 e. The molecule has 2 aliphatic rings. The number of thiazole rings is 1. The fourth-order valence-corrected chi connectivity index (χ4v) is 5.97. The van der Waals surface area contributed by atoms with E-state index >= 15 is 0 Å². The normalized spacial score (nSPS) is 19.0. The van der Waals surface area contributed by atoms with E-state index in [4.69, 9.17) is 0 Å². The molecule has 5 rings (SSSR count). The van der Waals surface area contributed by atoms with Gasteiger partial charge in [-0.05, 0) is 51.4 Å². The van der Waals surface area contributed by atoms with Gasteiger partial charge in [0.05, 0.1) is 23.7 Å². The van der Waals surface area contributed by atoms with Crippen LogP contribution in [0.1, 0.15) is 47.6 Å². The van der Waals surface area contributed by atoms with Crippen LogP contribution in [0, 0.1) is 5.82 Å². The highest BCUT2D eigenvalue weighted by atomic mass is 35.5. The third-order valence-electron chi connectivity index (χ3n) is 7.12. The maximum atomic E-state index is 14.2. The van der Waals surface area contributed by atoms with Crippen molar-refractivity contribution in [1.82, 2.24) is 25.2 Å². The first-order valence-electron chi connectivity index (χ1n) is 12.8. The van der Waals surface area contributed by atoms with E-state index in [1.54, 1.807) is 6.20 Å². The molecule has 0 bridgehead atoms. The van der Waals surface area contributed by atoms with Gasteiger partial charge in [-0.25, -0.2) is 19.3 Å². The van der Waals surface area contributed by atoms with Crippen molar-refractivity contribution in [2.24, 2.45) is 0 Å². The maximum absolute atomic E-state index is 14.2. The van der Waals surface area contributed by atoms with Gasteiger partial charge in [0, 0.05) is 48.7 Å². The minimum Gasteiger partial charge on any atom is -0.350 e. The average Bonchev–Trinajstić information content (AvgIpc) is 3.49. The second-order valence-corrected chi connectivity index (χ2v) is 11.0. The molecule has 1 amide bonds. The predicted molar refractivity (Wildman–Crippen MR) is 163 cm³/mol. The molecular weight excluding hydrogens is 641 g/mol. The topological polar surface area (TPSA) is 86.3 Å². The molecule has 3 aromatic rings. The zero-order valence-corrected chi connectivity index (χ0v) is 26.0. The van der Waals surface area contributed by atoms with E-state index in [9.17, 15) is 22.4 Å². The summed E-state index contributed by atoms with van der Waals surface area (Å²) >= 11 is 1.16. The van der Waals surface area contributed by atoms with Crippen LogP contribution in [0.4, 0.5) is 28.5 Å². The van der Waals surface area contributed by atoms with Gasteiger partial charge in [-0.3, -0.25) is 15.0 Å². The number of piperazine rings is 1. The highest BCUT2D eigenvalue weighted by molar-refractivity contribution is 7.16. The van der Waals surface area contributed by atoms with Gasteiger partial charge < -0.3 is 10.2 Å². The fraction of sp³-hybridized carbons (Fsp3) is 0.462. The van der Waals surface area contributed by atoms with Gasteiger partial charge in [0.1, 0.15) is 17.3 Å². The van der Waals surface area contributed by atoms with Gasteiger partial charge in [-0.2, -0.15) is 13.2 Å². The monoisotopic (exact) mass is 671 g/mol. The quantitative estimate of drug-likeness (QED) is 0.308. The first-order chi connectivity index (χ1) is 18.6. The number of hydrogen-bond donors (Lipinski definition) is 2. The zero-order valence-electron chi connectivity index (χ0n) is 22.8. The number of rotatable bonds is 6. The lowest BCUT2D eigenvalue weighted by Gasteiger charge is -2.34. The lowest BCUT2D eigenvalue weighted by Crippen LogP contribution is -2.50. The minimum atomic E-state index is -4.71.